The van der Waals surface area contributed by atoms with Crippen LogP contribution in [-0.2, 0) is 4.79 Å². The lowest BCUT2D eigenvalue weighted by atomic mass is 10.4. The Morgan fingerprint density at radius 1 is 1.50 bits per heavy atom. The second-order valence-corrected chi connectivity index (χ2v) is 4.23. The van der Waals surface area contributed by atoms with Crippen LogP contribution >= 0.6 is 12.2 Å². The Bertz CT molecular complexity index is 210. The summed E-state index contributed by atoms with van der Waals surface area (Å²) in [5, 5.41) is 9.32. The third-order valence-electron chi connectivity index (χ3n) is 1.77. The SMILES string of the molecule is CC(C)NC(=O)CNC(=S)NC1CC1. The van der Waals surface area contributed by atoms with Crippen LogP contribution in [0.2, 0.25) is 0 Å². The monoisotopic (exact) mass is 215 g/mol. The molecule has 1 rings (SSSR count). The number of thiocarbonyl (C=S) groups is 1. The zero-order valence-electron chi connectivity index (χ0n) is 8.59. The molecule has 4 nitrogen and oxygen atoms in total. The fraction of sp³-hybridized carbons (Fsp3) is 0.778. The van der Waals surface area contributed by atoms with Gasteiger partial charge in [-0.1, -0.05) is 0 Å². The van der Waals surface area contributed by atoms with E-state index in [1.54, 1.807) is 0 Å². The summed E-state index contributed by atoms with van der Waals surface area (Å²) in [5.41, 5.74) is 0. The first-order valence-corrected chi connectivity index (χ1v) is 5.32. The van der Waals surface area contributed by atoms with Crippen LogP contribution in [0.5, 0.6) is 0 Å². The number of carbonyl (C=O) groups excluding carboxylic acids is 1. The van der Waals surface area contributed by atoms with Gasteiger partial charge in [0.05, 0.1) is 6.54 Å². The summed E-state index contributed by atoms with van der Waals surface area (Å²) in [6.45, 7) is 4.11. The fourth-order valence-corrected chi connectivity index (χ4v) is 1.24. The number of hydrogen-bond donors (Lipinski definition) is 3. The van der Waals surface area contributed by atoms with E-state index in [0.29, 0.717) is 11.2 Å². The summed E-state index contributed by atoms with van der Waals surface area (Å²) in [5.74, 6) is -0.0278. The molecule has 1 fully saturated rings. The molecule has 0 aromatic carbocycles. The van der Waals surface area contributed by atoms with Crippen molar-refractivity contribution in [1.82, 2.24) is 16.0 Å². The van der Waals surface area contributed by atoms with Crippen LogP contribution in [0, 0.1) is 0 Å². The van der Waals surface area contributed by atoms with Crippen LogP contribution in [0.3, 0.4) is 0 Å². The van der Waals surface area contributed by atoms with Crippen LogP contribution < -0.4 is 16.0 Å². The van der Waals surface area contributed by atoms with Gasteiger partial charge in [-0.15, -0.1) is 0 Å². The topological polar surface area (TPSA) is 53.2 Å². The van der Waals surface area contributed by atoms with Crippen LogP contribution in [0.1, 0.15) is 26.7 Å². The molecule has 1 aliphatic rings. The summed E-state index contributed by atoms with van der Waals surface area (Å²) >= 11 is 5.00. The molecule has 1 saturated carbocycles. The summed E-state index contributed by atoms with van der Waals surface area (Å²) in [4.78, 5) is 11.2. The van der Waals surface area contributed by atoms with Gasteiger partial charge in [-0.3, -0.25) is 4.79 Å². The molecular formula is C9H17N3OS. The van der Waals surface area contributed by atoms with Gasteiger partial charge in [-0.25, -0.2) is 0 Å². The van der Waals surface area contributed by atoms with Crippen molar-refractivity contribution in [2.45, 2.75) is 38.8 Å². The summed E-state index contributed by atoms with van der Waals surface area (Å²) in [6, 6.07) is 0.706. The van der Waals surface area contributed by atoms with E-state index in [1.165, 1.54) is 12.8 Å². The molecule has 0 bridgehead atoms. The summed E-state index contributed by atoms with van der Waals surface area (Å²) in [6.07, 6.45) is 2.36. The van der Waals surface area contributed by atoms with Crippen molar-refractivity contribution in [3.63, 3.8) is 0 Å². The average molecular weight is 215 g/mol. The molecule has 0 aliphatic heterocycles. The van der Waals surface area contributed by atoms with E-state index < -0.39 is 0 Å². The maximum Gasteiger partial charge on any atom is 0.239 e. The van der Waals surface area contributed by atoms with Gasteiger partial charge in [0.15, 0.2) is 5.11 Å². The van der Waals surface area contributed by atoms with Crippen molar-refractivity contribution >= 4 is 23.2 Å². The maximum absolute atomic E-state index is 11.2. The molecule has 5 heteroatoms. The second kappa shape index (κ2) is 5.14. The molecule has 0 heterocycles. The zero-order valence-corrected chi connectivity index (χ0v) is 9.41. The van der Waals surface area contributed by atoms with Gasteiger partial charge < -0.3 is 16.0 Å². The van der Waals surface area contributed by atoms with Gasteiger partial charge in [0.2, 0.25) is 5.91 Å². The number of hydrogen-bond acceptors (Lipinski definition) is 2. The molecule has 0 aromatic heterocycles. The van der Waals surface area contributed by atoms with Crippen molar-refractivity contribution in [3.05, 3.63) is 0 Å². The fourth-order valence-electron chi connectivity index (χ4n) is 0.998. The first-order valence-electron chi connectivity index (χ1n) is 4.91. The van der Waals surface area contributed by atoms with Gasteiger partial charge in [0, 0.05) is 12.1 Å². The van der Waals surface area contributed by atoms with E-state index in [4.69, 9.17) is 12.2 Å². The van der Waals surface area contributed by atoms with Crippen molar-refractivity contribution in [2.75, 3.05) is 6.54 Å². The number of rotatable bonds is 4. The summed E-state index contributed by atoms with van der Waals surface area (Å²) in [7, 11) is 0. The molecule has 14 heavy (non-hydrogen) atoms. The predicted octanol–water partition coefficient (Wildman–Crippen LogP) is 0.138. The molecule has 0 radical (unpaired) electrons. The van der Waals surface area contributed by atoms with Crippen LogP contribution in [-0.4, -0.2) is 29.6 Å². The predicted molar refractivity (Wildman–Crippen MR) is 60.0 cm³/mol. The molecule has 0 atom stereocenters. The van der Waals surface area contributed by atoms with E-state index in [9.17, 15) is 4.79 Å². The molecule has 0 saturated heterocycles. The highest BCUT2D eigenvalue weighted by Gasteiger charge is 2.21. The number of carbonyl (C=O) groups is 1. The molecule has 1 amide bonds. The van der Waals surface area contributed by atoms with E-state index >= 15 is 0 Å². The second-order valence-electron chi connectivity index (χ2n) is 3.82. The lowest BCUT2D eigenvalue weighted by Gasteiger charge is -2.11. The molecule has 3 N–H and O–H groups in total. The van der Waals surface area contributed by atoms with E-state index in [1.807, 2.05) is 13.8 Å². The quantitative estimate of drug-likeness (QED) is 0.584. The Kier molecular flexibility index (Phi) is 4.13. The zero-order chi connectivity index (χ0) is 10.6. The molecule has 0 unspecified atom stereocenters. The van der Waals surface area contributed by atoms with Crippen LogP contribution in [0.15, 0.2) is 0 Å². The highest BCUT2D eigenvalue weighted by molar-refractivity contribution is 7.80. The Morgan fingerprint density at radius 2 is 2.14 bits per heavy atom. The number of amides is 1. The molecule has 80 valence electrons. The van der Waals surface area contributed by atoms with E-state index in [0.717, 1.165) is 0 Å². The lowest BCUT2D eigenvalue weighted by molar-refractivity contribution is -0.120. The summed E-state index contributed by atoms with van der Waals surface area (Å²) < 4.78 is 0. The minimum atomic E-state index is -0.0278. The van der Waals surface area contributed by atoms with Crippen molar-refractivity contribution in [3.8, 4) is 0 Å². The third kappa shape index (κ3) is 5.01. The molecule has 1 aliphatic carbocycles. The highest BCUT2D eigenvalue weighted by Crippen LogP contribution is 2.18. The Balaban J connectivity index is 2.06. The third-order valence-corrected chi connectivity index (χ3v) is 2.03. The molecule has 0 aromatic rings. The van der Waals surface area contributed by atoms with Crippen molar-refractivity contribution < 1.29 is 4.79 Å². The number of nitrogens with one attached hydrogen (secondary N) is 3. The Labute approximate surface area is 89.8 Å². The Hall–Kier alpha value is -0.840. The minimum Gasteiger partial charge on any atom is -0.360 e. The minimum absolute atomic E-state index is 0.0278. The van der Waals surface area contributed by atoms with E-state index in [2.05, 4.69) is 16.0 Å². The Morgan fingerprint density at radius 3 is 2.64 bits per heavy atom. The lowest BCUT2D eigenvalue weighted by Crippen LogP contribution is -2.44. The van der Waals surface area contributed by atoms with E-state index in [-0.39, 0.29) is 18.5 Å². The standard InChI is InChI=1S/C9H17N3OS/c1-6(2)11-8(13)5-10-9(14)12-7-3-4-7/h6-7H,3-5H2,1-2H3,(H,11,13)(H2,10,12,14). The maximum atomic E-state index is 11.2. The largest absolute Gasteiger partial charge is 0.360 e. The first kappa shape index (κ1) is 11.2. The van der Waals surface area contributed by atoms with Gasteiger partial charge in [0.25, 0.3) is 0 Å². The first-order chi connectivity index (χ1) is 6.58. The van der Waals surface area contributed by atoms with Gasteiger partial charge in [-0.05, 0) is 38.9 Å². The van der Waals surface area contributed by atoms with Gasteiger partial charge in [-0.2, -0.15) is 0 Å². The van der Waals surface area contributed by atoms with Gasteiger partial charge >= 0.3 is 0 Å². The van der Waals surface area contributed by atoms with Crippen LogP contribution in [0.4, 0.5) is 0 Å². The molecule has 0 spiro atoms. The smallest absolute Gasteiger partial charge is 0.239 e. The normalized spacial score (nSPS) is 15.1. The average Bonchev–Trinajstić information content (AvgIpc) is 2.83. The van der Waals surface area contributed by atoms with Crippen LogP contribution in [0.25, 0.3) is 0 Å². The highest BCUT2D eigenvalue weighted by atomic mass is 32.1. The van der Waals surface area contributed by atoms with Crippen molar-refractivity contribution in [1.29, 1.82) is 0 Å². The van der Waals surface area contributed by atoms with Crippen molar-refractivity contribution in [2.24, 2.45) is 0 Å². The molecular weight excluding hydrogens is 198 g/mol. The van der Waals surface area contributed by atoms with Gasteiger partial charge in [0.1, 0.15) is 0 Å².